The van der Waals surface area contributed by atoms with Crippen molar-refractivity contribution in [2.45, 2.75) is 25.9 Å². The van der Waals surface area contributed by atoms with E-state index in [1.54, 1.807) is 12.4 Å². The first-order chi connectivity index (χ1) is 16.5. The van der Waals surface area contributed by atoms with Crippen molar-refractivity contribution in [3.05, 3.63) is 58.5 Å². The van der Waals surface area contributed by atoms with Gasteiger partial charge in [-0.3, -0.25) is 9.78 Å². The number of aromatic amines is 1. The average molecular weight is 483 g/mol. The summed E-state index contributed by atoms with van der Waals surface area (Å²) in [5.41, 5.74) is 5.43. The Bertz CT molecular complexity index is 1210. The maximum Gasteiger partial charge on any atom is 0.255 e. The van der Waals surface area contributed by atoms with Crippen LogP contribution in [0.1, 0.15) is 34.5 Å². The molecule has 1 aromatic carbocycles. The normalized spacial score (nSPS) is 19.9. The maximum atomic E-state index is 13.0. The van der Waals surface area contributed by atoms with Crippen LogP contribution in [0.5, 0.6) is 5.75 Å². The predicted octanol–water partition coefficient (Wildman–Crippen LogP) is 4.42. The molecule has 178 valence electrons. The molecular weight excluding hydrogens is 456 g/mol. The highest BCUT2D eigenvalue weighted by molar-refractivity contribution is 6.31. The quantitative estimate of drug-likeness (QED) is 0.481. The van der Waals surface area contributed by atoms with Gasteiger partial charge in [-0.25, -0.2) is 0 Å². The van der Waals surface area contributed by atoms with Crippen LogP contribution in [0.25, 0.3) is 11.3 Å². The van der Waals surface area contributed by atoms with Crippen LogP contribution in [-0.4, -0.2) is 55.0 Å². The van der Waals surface area contributed by atoms with Crippen LogP contribution in [0.15, 0.2) is 36.7 Å². The molecule has 3 N–H and O–H groups in total. The lowest BCUT2D eigenvalue weighted by atomic mass is 9.98. The minimum absolute atomic E-state index is 0.123. The highest BCUT2D eigenvalue weighted by Gasteiger charge is 2.32. The largest absolute Gasteiger partial charge is 0.488 e. The molecule has 4 heterocycles. The van der Waals surface area contributed by atoms with Crippen LogP contribution in [0.2, 0.25) is 5.02 Å². The molecule has 0 saturated carbocycles. The summed E-state index contributed by atoms with van der Waals surface area (Å²) in [6, 6.07) is 7.55. The van der Waals surface area contributed by atoms with Gasteiger partial charge in [-0.2, -0.15) is 0 Å². The van der Waals surface area contributed by atoms with Gasteiger partial charge in [-0.05, 0) is 30.7 Å². The molecule has 8 nitrogen and oxygen atoms in total. The Balaban J connectivity index is 1.57. The summed E-state index contributed by atoms with van der Waals surface area (Å²) in [7, 11) is 0. The Morgan fingerprint density at radius 2 is 2.18 bits per heavy atom. The zero-order valence-electron chi connectivity index (χ0n) is 19.1. The van der Waals surface area contributed by atoms with Gasteiger partial charge in [0.2, 0.25) is 0 Å². The predicted molar refractivity (Wildman–Crippen MR) is 130 cm³/mol. The third kappa shape index (κ3) is 4.36. The van der Waals surface area contributed by atoms with Crippen molar-refractivity contribution in [3.8, 4) is 17.0 Å². The standard InChI is InChI=1S/C25H27ClN4O4/c1-14-10-28-25(31)21-22(14)30-23(24(21)29-19-5-3-4-18(26)15(19)2)17-6-7-27-11-20(17)34-13-16-12-32-8-9-33-16/h3-7,11,14,16,29-30H,8-10,12-13H2,1-2H3,(H,28,31)/t14-,16+/m1/s1. The first-order valence-corrected chi connectivity index (χ1v) is 11.7. The van der Waals surface area contributed by atoms with E-state index in [0.29, 0.717) is 55.0 Å². The summed E-state index contributed by atoms with van der Waals surface area (Å²) in [5.74, 6) is 0.595. The van der Waals surface area contributed by atoms with E-state index in [1.807, 2.05) is 31.2 Å². The van der Waals surface area contributed by atoms with Gasteiger partial charge in [0.05, 0.1) is 43.0 Å². The van der Waals surface area contributed by atoms with Crippen LogP contribution < -0.4 is 15.4 Å². The zero-order chi connectivity index (χ0) is 23.7. The Labute approximate surface area is 203 Å². The molecule has 9 heteroatoms. The summed E-state index contributed by atoms with van der Waals surface area (Å²) in [5, 5.41) is 7.11. The van der Waals surface area contributed by atoms with E-state index in [1.165, 1.54) is 0 Å². The Morgan fingerprint density at radius 1 is 1.29 bits per heavy atom. The van der Waals surface area contributed by atoms with Crippen molar-refractivity contribution in [2.75, 3.05) is 38.3 Å². The molecule has 2 aromatic heterocycles. The summed E-state index contributed by atoms with van der Waals surface area (Å²) in [6.07, 6.45) is 3.24. The highest BCUT2D eigenvalue weighted by atomic mass is 35.5. The second-order valence-corrected chi connectivity index (χ2v) is 8.97. The molecule has 0 radical (unpaired) electrons. The maximum absolute atomic E-state index is 13.0. The van der Waals surface area contributed by atoms with Crippen LogP contribution in [0.4, 0.5) is 11.4 Å². The number of H-pyrrole nitrogens is 1. The number of nitrogens with zero attached hydrogens (tertiary/aromatic N) is 1. The minimum Gasteiger partial charge on any atom is -0.488 e. The smallest absolute Gasteiger partial charge is 0.255 e. The third-order valence-electron chi connectivity index (χ3n) is 6.21. The number of halogens is 1. The van der Waals surface area contributed by atoms with Gasteiger partial charge in [0, 0.05) is 40.6 Å². The summed E-state index contributed by atoms with van der Waals surface area (Å²) >= 11 is 6.37. The number of anilines is 2. The van der Waals surface area contributed by atoms with Gasteiger partial charge >= 0.3 is 0 Å². The lowest BCUT2D eigenvalue weighted by Gasteiger charge is -2.23. The number of fused-ring (bicyclic) bond motifs is 1. The SMILES string of the molecule is Cc1c(Cl)cccc1Nc1c(-c2ccncc2OC[C@@H]2COCCO2)[nH]c2c1C(=O)NC[C@H]2C. The molecule has 0 unspecified atom stereocenters. The molecule has 3 aromatic rings. The van der Waals surface area contributed by atoms with Gasteiger partial charge in [0.15, 0.2) is 0 Å². The number of hydrogen-bond donors (Lipinski definition) is 3. The molecule has 0 bridgehead atoms. The van der Waals surface area contributed by atoms with Gasteiger partial charge in [0.25, 0.3) is 5.91 Å². The minimum atomic E-state index is -0.142. The molecule has 2 atom stereocenters. The number of hydrogen-bond acceptors (Lipinski definition) is 6. The fourth-order valence-electron chi connectivity index (χ4n) is 4.28. The first-order valence-electron chi connectivity index (χ1n) is 11.4. The Hall–Kier alpha value is -3.07. The van der Waals surface area contributed by atoms with Crippen molar-refractivity contribution < 1.29 is 19.0 Å². The molecule has 2 aliphatic rings. The molecule has 1 saturated heterocycles. The van der Waals surface area contributed by atoms with Crippen LogP contribution in [0.3, 0.4) is 0 Å². The van der Waals surface area contributed by atoms with Crippen molar-refractivity contribution in [1.82, 2.24) is 15.3 Å². The number of amides is 1. The molecule has 0 spiro atoms. The number of carbonyl (C=O) groups excluding carboxylic acids is 1. The number of benzene rings is 1. The fourth-order valence-corrected chi connectivity index (χ4v) is 4.46. The van der Waals surface area contributed by atoms with Crippen molar-refractivity contribution in [3.63, 3.8) is 0 Å². The van der Waals surface area contributed by atoms with Gasteiger partial charge in [-0.1, -0.05) is 24.6 Å². The number of aromatic nitrogens is 2. The van der Waals surface area contributed by atoms with E-state index < -0.39 is 0 Å². The van der Waals surface area contributed by atoms with E-state index >= 15 is 0 Å². The Morgan fingerprint density at radius 3 is 3.00 bits per heavy atom. The monoisotopic (exact) mass is 482 g/mol. The summed E-state index contributed by atoms with van der Waals surface area (Å²) in [6.45, 7) is 6.58. The topological polar surface area (TPSA) is 97.5 Å². The van der Waals surface area contributed by atoms with Gasteiger partial charge < -0.3 is 29.8 Å². The second kappa shape index (κ2) is 9.66. The number of pyridine rings is 1. The fraction of sp³-hybridized carbons (Fsp3) is 0.360. The summed E-state index contributed by atoms with van der Waals surface area (Å²) in [4.78, 5) is 20.8. The van der Waals surface area contributed by atoms with E-state index in [4.69, 9.17) is 25.8 Å². The number of carbonyl (C=O) groups is 1. The molecule has 1 amide bonds. The second-order valence-electron chi connectivity index (χ2n) is 8.56. The van der Waals surface area contributed by atoms with Gasteiger partial charge in [0.1, 0.15) is 18.5 Å². The van der Waals surface area contributed by atoms with Crippen LogP contribution in [0, 0.1) is 6.92 Å². The van der Waals surface area contributed by atoms with E-state index in [9.17, 15) is 4.79 Å². The molecule has 1 fully saturated rings. The van der Waals surface area contributed by atoms with Crippen LogP contribution in [-0.2, 0) is 9.47 Å². The lowest BCUT2D eigenvalue weighted by molar-refractivity contribution is -0.101. The van der Waals surface area contributed by atoms with Gasteiger partial charge in [-0.15, -0.1) is 0 Å². The molecule has 5 rings (SSSR count). The van der Waals surface area contributed by atoms with Crippen LogP contribution >= 0.6 is 11.6 Å². The summed E-state index contributed by atoms with van der Waals surface area (Å²) < 4.78 is 17.3. The number of ether oxygens (including phenoxy) is 3. The highest BCUT2D eigenvalue weighted by Crippen LogP contribution is 2.42. The number of rotatable bonds is 6. The Kier molecular flexibility index (Phi) is 6.45. The lowest BCUT2D eigenvalue weighted by Crippen LogP contribution is -2.33. The van der Waals surface area contributed by atoms with E-state index in [2.05, 4.69) is 27.5 Å². The van der Waals surface area contributed by atoms with Crippen molar-refractivity contribution in [1.29, 1.82) is 0 Å². The zero-order valence-corrected chi connectivity index (χ0v) is 19.9. The first kappa shape index (κ1) is 22.7. The third-order valence-corrected chi connectivity index (χ3v) is 6.62. The molecule has 2 aliphatic heterocycles. The average Bonchev–Trinajstić information content (AvgIpc) is 3.24. The molecule has 34 heavy (non-hydrogen) atoms. The molecule has 0 aliphatic carbocycles. The van der Waals surface area contributed by atoms with E-state index in [-0.39, 0.29) is 17.9 Å². The number of nitrogens with one attached hydrogen (secondary N) is 3. The van der Waals surface area contributed by atoms with Crippen molar-refractivity contribution >= 4 is 28.9 Å². The van der Waals surface area contributed by atoms with E-state index in [0.717, 1.165) is 28.2 Å². The molecular formula is C25H27ClN4O4. The van der Waals surface area contributed by atoms with Crippen molar-refractivity contribution in [2.24, 2.45) is 0 Å².